The molecule has 0 aromatic carbocycles. The van der Waals surface area contributed by atoms with Crippen LogP contribution in [0.1, 0.15) is 51.9 Å². The lowest BCUT2D eigenvalue weighted by atomic mass is 9.54. The van der Waals surface area contributed by atoms with Crippen LogP contribution in [0, 0.1) is 17.8 Å². The van der Waals surface area contributed by atoms with Gasteiger partial charge in [-0.05, 0) is 56.3 Å². The van der Waals surface area contributed by atoms with Crippen LogP contribution < -0.4 is 0 Å². The van der Waals surface area contributed by atoms with E-state index in [0.717, 1.165) is 19.3 Å². The lowest BCUT2D eigenvalue weighted by molar-refractivity contribution is -0.194. The zero-order chi connectivity index (χ0) is 15.5. The third-order valence-electron chi connectivity index (χ3n) is 5.46. The number of esters is 1. The molecular weight excluding hydrogens is 299 g/mol. The molecule has 0 aromatic rings. The Kier molecular flexibility index (Phi) is 3.37. The van der Waals surface area contributed by atoms with Crippen molar-refractivity contribution in [2.75, 3.05) is 0 Å². The van der Waals surface area contributed by atoms with E-state index in [0.29, 0.717) is 37.0 Å². The molecule has 0 radical (unpaired) electrons. The number of rotatable bonds is 4. The lowest BCUT2D eigenvalue weighted by Gasteiger charge is -2.55. The van der Waals surface area contributed by atoms with E-state index in [1.165, 1.54) is 6.92 Å². The molecule has 4 aliphatic carbocycles. The summed E-state index contributed by atoms with van der Waals surface area (Å²) in [5, 5.41) is -3.35. The summed E-state index contributed by atoms with van der Waals surface area (Å²) in [7, 11) is -5.14. The maximum Gasteiger partial charge on any atom is 0.363 e. The lowest BCUT2D eigenvalue weighted by Crippen LogP contribution is -2.55. The molecule has 21 heavy (non-hydrogen) atoms. The Morgan fingerprint density at radius 1 is 1.24 bits per heavy atom. The fraction of sp³-hybridized carbons (Fsp3) is 0.929. The Hall–Kier alpha value is -0.690. The van der Waals surface area contributed by atoms with Gasteiger partial charge in [-0.2, -0.15) is 8.42 Å². The van der Waals surface area contributed by atoms with Crippen molar-refractivity contribution in [3.05, 3.63) is 0 Å². The van der Waals surface area contributed by atoms with E-state index in [-0.39, 0.29) is 0 Å². The Bertz CT molecular complexity index is 522. The van der Waals surface area contributed by atoms with Crippen molar-refractivity contribution >= 4 is 16.1 Å². The number of hydrogen-bond donors (Lipinski definition) is 1. The summed E-state index contributed by atoms with van der Waals surface area (Å²) < 4.78 is 51.2. The fourth-order valence-corrected chi connectivity index (χ4v) is 5.48. The molecule has 1 N–H and O–H groups in total. The monoisotopic (exact) mass is 320 g/mol. The van der Waals surface area contributed by atoms with E-state index in [2.05, 4.69) is 0 Å². The molecule has 4 rings (SSSR count). The SMILES string of the molecule is CCC(F)(C(=O)OC12CC3CC(CC(C3)C1)C2)S(=O)(=O)O. The molecule has 0 aromatic heterocycles. The topological polar surface area (TPSA) is 80.7 Å². The standard InChI is InChI=1S/C14H21FO5S/c1-2-14(15,21(17,18)19)12(16)20-13-6-9-3-10(7-13)5-11(4-9)8-13/h9-11H,2-8H2,1H3,(H,17,18,19). The Labute approximate surface area is 124 Å². The quantitative estimate of drug-likeness (QED) is 0.636. The number of carbonyl (C=O) groups excluding carboxylic acids is 1. The van der Waals surface area contributed by atoms with Gasteiger partial charge in [0.25, 0.3) is 0 Å². The number of hydrogen-bond acceptors (Lipinski definition) is 4. The molecule has 4 saturated carbocycles. The largest absolute Gasteiger partial charge is 0.456 e. The first-order valence-electron chi connectivity index (χ1n) is 7.57. The molecule has 4 fully saturated rings. The summed E-state index contributed by atoms with van der Waals surface area (Å²) in [6.45, 7) is 1.20. The Morgan fingerprint density at radius 3 is 2.00 bits per heavy atom. The minimum atomic E-state index is -5.14. The van der Waals surface area contributed by atoms with Gasteiger partial charge in [-0.1, -0.05) is 6.92 Å². The van der Waals surface area contributed by atoms with Crippen molar-refractivity contribution in [1.82, 2.24) is 0 Å². The summed E-state index contributed by atoms with van der Waals surface area (Å²) in [4.78, 5) is 12.1. The molecule has 1 unspecified atom stereocenters. The highest BCUT2D eigenvalue weighted by molar-refractivity contribution is 7.87. The second-order valence-electron chi connectivity index (χ2n) is 7.05. The normalized spacial score (nSPS) is 40.8. The zero-order valence-electron chi connectivity index (χ0n) is 12.0. The predicted molar refractivity (Wildman–Crippen MR) is 72.7 cm³/mol. The van der Waals surface area contributed by atoms with Crippen molar-refractivity contribution in [3.8, 4) is 0 Å². The van der Waals surface area contributed by atoms with E-state index < -0.39 is 33.1 Å². The van der Waals surface area contributed by atoms with Gasteiger partial charge in [0.1, 0.15) is 5.60 Å². The average molecular weight is 320 g/mol. The van der Waals surface area contributed by atoms with E-state index in [4.69, 9.17) is 9.29 Å². The maximum atomic E-state index is 14.4. The molecule has 0 spiro atoms. The molecule has 0 saturated heterocycles. The second kappa shape index (κ2) is 4.65. The van der Waals surface area contributed by atoms with Crippen LogP contribution in [0.25, 0.3) is 0 Å². The summed E-state index contributed by atoms with van der Waals surface area (Å²) in [6, 6.07) is 0. The number of carbonyl (C=O) groups is 1. The smallest absolute Gasteiger partial charge is 0.363 e. The molecule has 0 heterocycles. The van der Waals surface area contributed by atoms with Crippen LogP contribution in [0.2, 0.25) is 0 Å². The minimum Gasteiger partial charge on any atom is -0.456 e. The first kappa shape index (κ1) is 15.2. The molecule has 4 bridgehead atoms. The third-order valence-corrected chi connectivity index (χ3v) is 6.73. The summed E-state index contributed by atoms with van der Waals surface area (Å²) >= 11 is 0. The van der Waals surface area contributed by atoms with Gasteiger partial charge >= 0.3 is 21.1 Å². The first-order chi connectivity index (χ1) is 9.67. The van der Waals surface area contributed by atoms with Crippen LogP contribution in [-0.4, -0.2) is 29.5 Å². The van der Waals surface area contributed by atoms with Gasteiger partial charge in [-0.25, -0.2) is 9.18 Å². The van der Waals surface area contributed by atoms with E-state index in [1.807, 2.05) is 0 Å². The van der Waals surface area contributed by atoms with Crippen LogP contribution in [0.3, 0.4) is 0 Å². The third kappa shape index (κ3) is 2.38. The molecule has 7 heteroatoms. The van der Waals surface area contributed by atoms with Crippen molar-refractivity contribution < 1.29 is 26.9 Å². The average Bonchev–Trinajstić information content (AvgIpc) is 2.33. The second-order valence-corrected chi connectivity index (χ2v) is 8.64. The first-order valence-corrected chi connectivity index (χ1v) is 9.01. The van der Waals surface area contributed by atoms with E-state index in [1.54, 1.807) is 0 Å². The van der Waals surface area contributed by atoms with Gasteiger partial charge in [0.2, 0.25) is 0 Å². The van der Waals surface area contributed by atoms with Gasteiger partial charge in [0.05, 0.1) is 0 Å². The van der Waals surface area contributed by atoms with Crippen molar-refractivity contribution in [2.24, 2.45) is 17.8 Å². The van der Waals surface area contributed by atoms with E-state index >= 15 is 0 Å². The van der Waals surface area contributed by atoms with Crippen LogP contribution in [0.15, 0.2) is 0 Å². The van der Waals surface area contributed by atoms with Crippen molar-refractivity contribution in [2.45, 2.75) is 62.5 Å². The van der Waals surface area contributed by atoms with Crippen LogP contribution >= 0.6 is 0 Å². The number of halogens is 1. The van der Waals surface area contributed by atoms with Crippen molar-refractivity contribution in [1.29, 1.82) is 0 Å². The molecule has 4 aliphatic rings. The van der Waals surface area contributed by atoms with Gasteiger partial charge in [-0.15, -0.1) is 0 Å². The zero-order valence-corrected chi connectivity index (χ0v) is 12.9. The molecular formula is C14H21FO5S. The van der Waals surface area contributed by atoms with Crippen LogP contribution in [0.5, 0.6) is 0 Å². The number of alkyl halides is 1. The summed E-state index contributed by atoms with van der Waals surface area (Å²) in [6.07, 6.45) is 4.80. The highest BCUT2D eigenvalue weighted by atomic mass is 32.2. The van der Waals surface area contributed by atoms with Crippen LogP contribution in [-0.2, 0) is 19.6 Å². The van der Waals surface area contributed by atoms with Gasteiger partial charge in [-0.3, -0.25) is 4.55 Å². The van der Waals surface area contributed by atoms with Crippen molar-refractivity contribution in [3.63, 3.8) is 0 Å². The molecule has 0 amide bonds. The summed E-state index contributed by atoms with van der Waals surface area (Å²) in [5.41, 5.74) is -0.719. The molecule has 0 aliphatic heterocycles. The van der Waals surface area contributed by atoms with E-state index in [9.17, 15) is 17.6 Å². The Balaban J connectivity index is 1.82. The number of ether oxygens (including phenoxy) is 1. The Morgan fingerprint density at radius 2 is 1.67 bits per heavy atom. The van der Waals surface area contributed by atoms with Gasteiger partial charge < -0.3 is 4.74 Å². The van der Waals surface area contributed by atoms with Gasteiger partial charge in [0.15, 0.2) is 0 Å². The predicted octanol–water partition coefficient (Wildman–Crippen LogP) is 2.46. The van der Waals surface area contributed by atoms with Crippen LogP contribution in [0.4, 0.5) is 4.39 Å². The maximum absolute atomic E-state index is 14.4. The summed E-state index contributed by atoms with van der Waals surface area (Å²) in [5.74, 6) is 0.0238. The van der Waals surface area contributed by atoms with Gasteiger partial charge in [0, 0.05) is 6.42 Å². The highest BCUT2D eigenvalue weighted by Crippen LogP contribution is 2.57. The molecule has 120 valence electrons. The fourth-order valence-electron chi connectivity index (χ4n) is 4.86. The minimum absolute atomic E-state index is 0.491. The molecule has 1 atom stereocenters. The highest BCUT2D eigenvalue weighted by Gasteiger charge is 2.58. The molecule has 5 nitrogen and oxygen atoms in total.